The summed E-state index contributed by atoms with van der Waals surface area (Å²) >= 11 is 1.16. The molecule has 0 bridgehead atoms. The normalized spacial score (nSPS) is 19.9. The number of carbonyl (C=O) groups is 2. The molecular weight excluding hydrogens is 414 g/mol. The largest absolute Gasteiger partial charge is 0.449 e. The van der Waals surface area contributed by atoms with Crippen LogP contribution in [-0.4, -0.2) is 69.8 Å². The van der Waals surface area contributed by atoms with Gasteiger partial charge >= 0.3 is 6.09 Å². The third-order valence-corrected chi connectivity index (χ3v) is 6.35. The highest BCUT2D eigenvalue weighted by Crippen LogP contribution is 2.29. The van der Waals surface area contributed by atoms with Gasteiger partial charge in [0.05, 0.1) is 17.9 Å². The van der Waals surface area contributed by atoms with Gasteiger partial charge in [0.25, 0.3) is 0 Å². The zero-order valence-electron chi connectivity index (χ0n) is 16.9. The first-order valence-corrected chi connectivity index (χ1v) is 10.9. The fraction of sp³-hybridized carbons (Fsp3) is 0.550. The third kappa shape index (κ3) is 4.38. The quantitative estimate of drug-likeness (QED) is 0.741. The number of aromatic nitrogens is 2. The van der Waals surface area contributed by atoms with Crippen molar-refractivity contribution >= 4 is 34.8 Å². The molecule has 7 nitrogen and oxygen atoms in total. The number of ether oxygens (including phenoxy) is 1. The topological polar surface area (TPSA) is 78.5 Å². The molecule has 1 aromatic heterocycles. The summed E-state index contributed by atoms with van der Waals surface area (Å²) in [4.78, 5) is 35.2. The number of hydrogen-bond donors (Lipinski definition) is 1. The number of cyclic esters (lactones) is 1. The summed E-state index contributed by atoms with van der Waals surface area (Å²) in [5.74, 6) is -1.32. The van der Waals surface area contributed by atoms with E-state index < -0.39 is 11.6 Å². The van der Waals surface area contributed by atoms with Crippen LogP contribution in [0, 0.1) is 17.0 Å². The molecule has 30 heavy (non-hydrogen) atoms. The number of nitrogens with zero attached hydrogens (tertiary/aromatic N) is 3. The van der Waals surface area contributed by atoms with Crippen LogP contribution in [0.1, 0.15) is 26.7 Å². The maximum Gasteiger partial charge on any atom is 0.410 e. The molecule has 4 rings (SSSR count). The monoisotopic (exact) mass is 438 g/mol. The van der Waals surface area contributed by atoms with Gasteiger partial charge in [-0.3, -0.25) is 4.79 Å². The molecule has 1 aromatic carbocycles. The van der Waals surface area contributed by atoms with E-state index in [2.05, 4.69) is 23.8 Å². The highest BCUT2D eigenvalue weighted by Gasteiger charge is 2.38. The Labute approximate surface area is 177 Å². The molecule has 0 radical (unpaired) electrons. The van der Waals surface area contributed by atoms with Gasteiger partial charge in [-0.25, -0.2) is 18.6 Å². The zero-order valence-corrected chi connectivity index (χ0v) is 17.7. The number of aromatic amines is 1. The second-order valence-electron chi connectivity index (χ2n) is 8.57. The van der Waals surface area contributed by atoms with Gasteiger partial charge < -0.3 is 19.5 Å². The summed E-state index contributed by atoms with van der Waals surface area (Å²) in [6.45, 7) is 6.35. The highest BCUT2D eigenvalue weighted by molar-refractivity contribution is 7.99. The summed E-state index contributed by atoms with van der Waals surface area (Å²) in [5.41, 5.74) is 0.245. The van der Waals surface area contributed by atoms with Crippen molar-refractivity contribution in [1.82, 2.24) is 19.8 Å². The second kappa shape index (κ2) is 8.05. The van der Waals surface area contributed by atoms with Crippen molar-refractivity contribution in [2.45, 2.75) is 37.9 Å². The molecule has 0 atom stereocenters. The summed E-state index contributed by atoms with van der Waals surface area (Å²) in [6, 6.07) is 2.03. The van der Waals surface area contributed by atoms with Gasteiger partial charge in [0, 0.05) is 37.2 Å². The summed E-state index contributed by atoms with van der Waals surface area (Å²) < 4.78 is 32.4. The number of fused-ring (bicyclic) bond motifs is 1. The van der Waals surface area contributed by atoms with Gasteiger partial charge in [-0.2, -0.15) is 0 Å². The number of H-pyrrole nitrogens is 1. The minimum Gasteiger partial charge on any atom is -0.449 e. The fourth-order valence-electron chi connectivity index (χ4n) is 3.93. The van der Waals surface area contributed by atoms with Crippen molar-refractivity contribution in [1.29, 1.82) is 0 Å². The smallest absolute Gasteiger partial charge is 0.410 e. The number of nitrogens with one attached hydrogen (secondary N) is 1. The van der Waals surface area contributed by atoms with Crippen molar-refractivity contribution in [2.75, 3.05) is 32.0 Å². The van der Waals surface area contributed by atoms with Gasteiger partial charge in [0.2, 0.25) is 5.91 Å². The van der Waals surface area contributed by atoms with Gasteiger partial charge in [0.1, 0.15) is 11.3 Å². The van der Waals surface area contributed by atoms with E-state index in [0.717, 1.165) is 17.8 Å². The Hall–Kier alpha value is -2.36. The van der Waals surface area contributed by atoms with Crippen LogP contribution in [0.4, 0.5) is 13.6 Å². The molecule has 3 heterocycles. The number of amides is 2. The Morgan fingerprint density at radius 3 is 2.80 bits per heavy atom. The van der Waals surface area contributed by atoms with Crippen molar-refractivity contribution in [3.05, 3.63) is 23.8 Å². The molecule has 2 aliphatic rings. The molecule has 162 valence electrons. The molecular formula is C20H24F2N4O3S. The Morgan fingerprint density at radius 2 is 2.07 bits per heavy atom. The van der Waals surface area contributed by atoms with Crippen LogP contribution in [0.25, 0.3) is 11.0 Å². The number of rotatable bonds is 4. The van der Waals surface area contributed by atoms with E-state index in [-0.39, 0.29) is 40.2 Å². The minimum absolute atomic E-state index is 0.0490. The molecule has 2 saturated heterocycles. The Morgan fingerprint density at radius 1 is 1.33 bits per heavy atom. The second-order valence-corrected chi connectivity index (χ2v) is 9.54. The maximum atomic E-state index is 13.8. The van der Waals surface area contributed by atoms with E-state index >= 15 is 0 Å². The molecule has 2 aliphatic heterocycles. The lowest BCUT2D eigenvalue weighted by Crippen LogP contribution is -2.55. The summed E-state index contributed by atoms with van der Waals surface area (Å²) in [6.07, 6.45) is 1.14. The lowest BCUT2D eigenvalue weighted by atomic mass is 9.91. The van der Waals surface area contributed by atoms with Crippen LogP contribution in [0.15, 0.2) is 17.3 Å². The predicted octanol–water partition coefficient (Wildman–Crippen LogP) is 3.40. The fourth-order valence-corrected chi connectivity index (χ4v) is 4.71. The van der Waals surface area contributed by atoms with Crippen LogP contribution >= 0.6 is 11.8 Å². The SMILES string of the molecule is CC1(C)COC(=O)N(C2CCN(C(=O)CSc3nc4c(F)cc(F)cc4[nH]3)CC2)C1. The maximum absolute atomic E-state index is 13.8. The van der Waals surface area contributed by atoms with Crippen LogP contribution < -0.4 is 0 Å². The molecule has 0 unspecified atom stereocenters. The van der Waals surface area contributed by atoms with Gasteiger partial charge in [-0.15, -0.1) is 0 Å². The van der Waals surface area contributed by atoms with Crippen LogP contribution in [-0.2, 0) is 9.53 Å². The molecule has 0 spiro atoms. The number of carbonyl (C=O) groups excluding carboxylic acids is 2. The average molecular weight is 439 g/mol. The van der Waals surface area contributed by atoms with Crippen LogP contribution in [0.5, 0.6) is 0 Å². The number of likely N-dealkylation sites (tertiary alicyclic amines) is 1. The predicted molar refractivity (Wildman–Crippen MR) is 108 cm³/mol. The Kier molecular flexibility index (Phi) is 5.61. The van der Waals surface area contributed by atoms with E-state index in [1.165, 1.54) is 6.07 Å². The minimum atomic E-state index is -0.735. The van der Waals surface area contributed by atoms with E-state index in [0.29, 0.717) is 44.2 Å². The summed E-state index contributed by atoms with van der Waals surface area (Å²) in [5, 5.41) is 0.371. The average Bonchev–Trinajstić information content (AvgIpc) is 3.11. The molecule has 0 aliphatic carbocycles. The number of thioether (sulfide) groups is 1. The first kappa shape index (κ1) is 20.9. The molecule has 2 amide bonds. The number of piperidine rings is 1. The molecule has 10 heteroatoms. The standard InChI is InChI=1S/C20H24F2N4O3S/c1-20(2)10-26(19(28)29-11-20)13-3-5-25(6-4-13)16(27)9-30-18-23-15-8-12(21)7-14(22)17(15)24-18/h7-8,13H,3-6,9-11H2,1-2H3,(H,23,24). The van der Waals surface area contributed by atoms with Crippen LogP contribution in [0.3, 0.4) is 0 Å². The van der Waals surface area contributed by atoms with E-state index in [1.54, 1.807) is 9.80 Å². The molecule has 0 saturated carbocycles. The molecule has 2 fully saturated rings. The number of imidazole rings is 1. The number of benzene rings is 1. The van der Waals surface area contributed by atoms with E-state index in [1.807, 2.05) is 0 Å². The number of halogens is 2. The number of hydrogen-bond acceptors (Lipinski definition) is 5. The van der Waals surface area contributed by atoms with Crippen molar-refractivity contribution in [3.8, 4) is 0 Å². The zero-order chi connectivity index (χ0) is 21.5. The van der Waals surface area contributed by atoms with Crippen LogP contribution in [0.2, 0.25) is 0 Å². The highest BCUT2D eigenvalue weighted by atomic mass is 32.2. The molecule has 2 aromatic rings. The first-order valence-electron chi connectivity index (χ1n) is 9.90. The first-order chi connectivity index (χ1) is 14.2. The molecule has 1 N–H and O–H groups in total. The lowest BCUT2D eigenvalue weighted by Gasteiger charge is -2.44. The lowest BCUT2D eigenvalue weighted by molar-refractivity contribution is -0.130. The Balaban J connectivity index is 1.30. The van der Waals surface area contributed by atoms with Gasteiger partial charge in [0.15, 0.2) is 11.0 Å². The van der Waals surface area contributed by atoms with Gasteiger partial charge in [-0.1, -0.05) is 25.6 Å². The van der Waals surface area contributed by atoms with Crippen molar-refractivity contribution in [2.24, 2.45) is 5.41 Å². The summed E-state index contributed by atoms with van der Waals surface area (Å²) in [7, 11) is 0. The third-order valence-electron chi connectivity index (χ3n) is 5.49. The van der Waals surface area contributed by atoms with Gasteiger partial charge in [-0.05, 0) is 18.9 Å². The van der Waals surface area contributed by atoms with E-state index in [4.69, 9.17) is 4.74 Å². The van der Waals surface area contributed by atoms with E-state index in [9.17, 15) is 18.4 Å². The van der Waals surface area contributed by atoms with Crippen molar-refractivity contribution in [3.63, 3.8) is 0 Å². The van der Waals surface area contributed by atoms with Crippen molar-refractivity contribution < 1.29 is 23.1 Å². The Bertz CT molecular complexity index is 972.